The third kappa shape index (κ3) is 4.94. The average molecular weight is 257 g/mol. The van der Waals surface area contributed by atoms with Gasteiger partial charge in [0.05, 0.1) is 6.61 Å². The molecule has 1 rings (SSSR count). The highest BCUT2D eigenvalue weighted by atomic mass is 16.5. The third-order valence-electron chi connectivity index (χ3n) is 3.38. The van der Waals surface area contributed by atoms with Gasteiger partial charge < -0.3 is 15.2 Å². The summed E-state index contributed by atoms with van der Waals surface area (Å²) < 4.78 is 5.10. The zero-order valence-corrected chi connectivity index (χ0v) is 11.1. The van der Waals surface area contributed by atoms with Crippen LogP contribution in [0, 0.1) is 11.8 Å². The Balaban J connectivity index is 2.29. The second kappa shape index (κ2) is 7.24. The molecule has 1 atom stereocenters. The number of carbonyl (C=O) groups excluding carboxylic acids is 1. The number of amides is 1. The smallest absolute Gasteiger partial charge is 0.407 e. The molecule has 0 heterocycles. The van der Waals surface area contributed by atoms with Gasteiger partial charge in [-0.1, -0.05) is 33.1 Å². The Morgan fingerprint density at radius 1 is 1.28 bits per heavy atom. The molecule has 0 spiro atoms. The molecule has 5 nitrogen and oxygen atoms in total. The van der Waals surface area contributed by atoms with E-state index >= 15 is 0 Å². The molecule has 0 aromatic carbocycles. The summed E-state index contributed by atoms with van der Waals surface area (Å²) in [6, 6.07) is -0.885. The molecule has 1 aliphatic rings. The highest BCUT2D eigenvalue weighted by molar-refractivity contribution is 5.80. The standard InChI is InChI=1S/C13H23NO4/c1-9(2)11(12(15)16)14-13(17)18-8-10-6-4-3-5-7-10/h9-11H,3-8H2,1-2H3,(H,14,17)(H,15,16). The third-order valence-corrected chi connectivity index (χ3v) is 3.38. The van der Waals surface area contributed by atoms with E-state index in [0.29, 0.717) is 12.5 Å². The fraction of sp³-hybridized carbons (Fsp3) is 0.846. The summed E-state index contributed by atoms with van der Waals surface area (Å²) >= 11 is 0. The number of carbonyl (C=O) groups is 2. The van der Waals surface area contributed by atoms with Crippen LogP contribution in [0.3, 0.4) is 0 Å². The maximum absolute atomic E-state index is 11.5. The van der Waals surface area contributed by atoms with Crippen LogP contribution in [0.4, 0.5) is 4.79 Å². The second-order valence-electron chi connectivity index (χ2n) is 5.31. The summed E-state index contributed by atoms with van der Waals surface area (Å²) in [5, 5.41) is 11.3. The van der Waals surface area contributed by atoms with Crippen molar-refractivity contribution in [2.45, 2.75) is 52.0 Å². The number of hydrogen-bond donors (Lipinski definition) is 2. The van der Waals surface area contributed by atoms with E-state index in [1.807, 2.05) is 0 Å². The molecule has 0 aromatic rings. The summed E-state index contributed by atoms with van der Waals surface area (Å²) in [5.41, 5.74) is 0. The predicted molar refractivity (Wildman–Crippen MR) is 67.3 cm³/mol. The first-order valence-electron chi connectivity index (χ1n) is 6.66. The van der Waals surface area contributed by atoms with Gasteiger partial charge in [-0.05, 0) is 24.7 Å². The van der Waals surface area contributed by atoms with Gasteiger partial charge in [0.25, 0.3) is 0 Å². The predicted octanol–water partition coefficient (Wildman–Crippen LogP) is 2.40. The van der Waals surface area contributed by atoms with E-state index in [9.17, 15) is 9.59 Å². The fourth-order valence-electron chi connectivity index (χ4n) is 2.23. The molecule has 0 radical (unpaired) electrons. The Bertz CT molecular complexity index is 285. The summed E-state index contributed by atoms with van der Waals surface area (Å²) in [6.07, 6.45) is 5.22. The van der Waals surface area contributed by atoms with Crippen LogP contribution >= 0.6 is 0 Å². The van der Waals surface area contributed by atoms with Crippen molar-refractivity contribution in [2.24, 2.45) is 11.8 Å². The van der Waals surface area contributed by atoms with Crippen molar-refractivity contribution in [3.05, 3.63) is 0 Å². The minimum atomic E-state index is -1.03. The first kappa shape index (κ1) is 14.8. The fourth-order valence-corrected chi connectivity index (χ4v) is 2.23. The number of carboxylic acids is 1. The molecule has 0 aliphatic heterocycles. The van der Waals surface area contributed by atoms with Gasteiger partial charge in [0.1, 0.15) is 6.04 Å². The molecule has 1 saturated carbocycles. The minimum absolute atomic E-state index is 0.162. The number of hydrogen-bond acceptors (Lipinski definition) is 3. The highest BCUT2D eigenvalue weighted by Crippen LogP contribution is 2.23. The molecule has 1 aliphatic carbocycles. The number of aliphatic carboxylic acids is 1. The largest absolute Gasteiger partial charge is 0.480 e. The monoisotopic (exact) mass is 257 g/mol. The number of rotatable bonds is 5. The van der Waals surface area contributed by atoms with Crippen molar-refractivity contribution in [1.29, 1.82) is 0 Å². The molecule has 5 heteroatoms. The van der Waals surface area contributed by atoms with Gasteiger partial charge in [-0.3, -0.25) is 0 Å². The Kier molecular flexibility index (Phi) is 5.95. The topological polar surface area (TPSA) is 75.6 Å². The van der Waals surface area contributed by atoms with Crippen LogP contribution in [-0.2, 0) is 9.53 Å². The summed E-state index contributed by atoms with van der Waals surface area (Å²) in [6.45, 7) is 3.90. The van der Waals surface area contributed by atoms with Crippen LogP contribution in [0.25, 0.3) is 0 Å². The van der Waals surface area contributed by atoms with E-state index in [2.05, 4.69) is 5.32 Å². The maximum atomic E-state index is 11.5. The quantitative estimate of drug-likeness (QED) is 0.793. The number of carboxylic acid groups (broad SMARTS) is 1. The maximum Gasteiger partial charge on any atom is 0.407 e. The number of nitrogens with one attached hydrogen (secondary N) is 1. The lowest BCUT2D eigenvalue weighted by Crippen LogP contribution is -2.44. The van der Waals surface area contributed by atoms with Gasteiger partial charge in [0.2, 0.25) is 0 Å². The lowest BCUT2D eigenvalue weighted by Gasteiger charge is -2.22. The van der Waals surface area contributed by atoms with Crippen molar-refractivity contribution < 1.29 is 19.4 Å². The summed E-state index contributed by atoms with van der Waals surface area (Å²) in [5.74, 6) is -0.754. The van der Waals surface area contributed by atoms with Crippen molar-refractivity contribution >= 4 is 12.1 Å². The van der Waals surface area contributed by atoms with Gasteiger partial charge in [-0.25, -0.2) is 9.59 Å². The first-order chi connectivity index (χ1) is 8.50. The van der Waals surface area contributed by atoms with E-state index in [-0.39, 0.29) is 5.92 Å². The summed E-state index contributed by atoms with van der Waals surface area (Å²) in [7, 11) is 0. The molecule has 18 heavy (non-hydrogen) atoms. The Morgan fingerprint density at radius 2 is 1.89 bits per heavy atom. The molecule has 2 N–H and O–H groups in total. The molecule has 1 amide bonds. The molecular formula is C13H23NO4. The Hall–Kier alpha value is -1.26. The molecule has 0 saturated heterocycles. The van der Waals surface area contributed by atoms with Crippen LogP contribution in [-0.4, -0.2) is 29.8 Å². The lowest BCUT2D eigenvalue weighted by atomic mass is 9.90. The SMILES string of the molecule is CC(C)C(NC(=O)OCC1CCCCC1)C(=O)O. The van der Waals surface area contributed by atoms with Gasteiger partial charge in [0.15, 0.2) is 0 Å². The lowest BCUT2D eigenvalue weighted by molar-refractivity contribution is -0.140. The van der Waals surface area contributed by atoms with Gasteiger partial charge in [0, 0.05) is 0 Å². The van der Waals surface area contributed by atoms with Gasteiger partial charge in [-0.15, -0.1) is 0 Å². The van der Waals surface area contributed by atoms with Gasteiger partial charge in [-0.2, -0.15) is 0 Å². The highest BCUT2D eigenvalue weighted by Gasteiger charge is 2.24. The van der Waals surface area contributed by atoms with E-state index in [1.165, 1.54) is 19.3 Å². The zero-order chi connectivity index (χ0) is 13.5. The van der Waals surface area contributed by atoms with Crippen molar-refractivity contribution in [2.75, 3.05) is 6.61 Å². The molecule has 104 valence electrons. The van der Waals surface area contributed by atoms with E-state index in [1.54, 1.807) is 13.8 Å². The normalized spacial score (nSPS) is 18.4. The molecule has 0 aromatic heterocycles. The van der Waals surface area contributed by atoms with Crippen molar-refractivity contribution in [1.82, 2.24) is 5.32 Å². The first-order valence-corrected chi connectivity index (χ1v) is 6.66. The number of ether oxygens (including phenoxy) is 1. The Morgan fingerprint density at radius 3 is 2.39 bits per heavy atom. The molecule has 1 fully saturated rings. The second-order valence-corrected chi connectivity index (χ2v) is 5.31. The summed E-state index contributed by atoms with van der Waals surface area (Å²) in [4.78, 5) is 22.4. The van der Waals surface area contributed by atoms with Gasteiger partial charge >= 0.3 is 12.1 Å². The molecular weight excluding hydrogens is 234 g/mol. The van der Waals surface area contributed by atoms with Crippen LogP contribution in [0.15, 0.2) is 0 Å². The molecule has 0 bridgehead atoms. The number of alkyl carbamates (subject to hydrolysis) is 1. The zero-order valence-electron chi connectivity index (χ0n) is 11.1. The van der Waals surface area contributed by atoms with Crippen LogP contribution < -0.4 is 5.32 Å². The van der Waals surface area contributed by atoms with Crippen LogP contribution in [0.2, 0.25) is 0 Å². The minimum Gasteiger partial charge on any atom is -0.480 e. The van der Waals surface area contributed by atoms with E-state index < -0.39 is 18.1 Å². The van der Waals surface area contributed by atoms with Crippen molar-refractivity contribution in [3.63, 3.8) is 0 Å². The van der Waals surface area contributed by atoms with E-state index in [4.69, 9.17) is 9.84 Å². The molecule has 1 unspecified atom stereocenters. The van der Waals surface area contributed by atoms with Crippen molar-refractivity contribution in [3.8, 4) is 0 Å². The van der Waals surface area contributed by atoms with E-state index in [0.717, 1.165) is 12.8 Å². The van der Waals surface area contributed by atoms with Crippen LogP contribution in [0.5, 0.6) is 0 Å². The Labute approximate surface area is 108 Å². The average Bonchev–Trinajstić information content (AvgIpc) is 2.34. The van der Waals surface area contributed by atoms with Crippen LogP contribution in [0.1, 0.15) is 46.0 Å².